The summed E-state index contributed by atoms with van der Waals surface area (Å²) >= 11 is 4.87. The lowest BCUT2D eigenvalue weighted by Crippen LogP contribution is -2.37. The van der Waals surface area contributed by atoms with E-state index in [9.17, 15) is 4.79 Å². The summed E-state index contributed by atoms with van der Waals surface area (Å²) in [5.41, 5.74) is 7.70. The summed E-state index contributed by atoms with van der Waals surface area (Å²) in [6.07, 6.45) is 0.931. The van der Waals surface area contributed by atoms with Gasteiger partial charge in [0.05, 0.1) is 18.0 Å². The highest BCUT2D eigenvalue weighted by Crippen LogP contribution is 2.06. The fourth-order valence-electron chi connectivity index (χ4n) is 1.80. The van der Waals surface area contributed by atoms with E-state index >= 15 is 0 Å². The second-order valence-electron chi connectivity index (χ2n) is 4.75. The molecule has 0 aliphatic rings. The van der Waals surface area contributed by atoms with Crippen LogP contribution in [0.5, 0.6) is 0 Å². The summed E-state index contributed by atoms with van der Waals surface area (Å²) < 4.78 is 5.04. The molecular formula is C15H22N2O2S. The molecule has 1 rings (SSSR count). The summed E-state index contributed by atoms with van der Waals surface area (Å²) in [6, 6.07) is 7.98. The molecule has 0 radical (unpaired) electrons. The standard InChI is InChI=1S/C15H22N2O2S/c1-12-3-5-13(6-4-12)11-15(18)17(9-10-19-2)8-7-14(16)20/h3-6H,7-11H2,1-2H3,(H2,16,20). The van der Waals surface area contributed by atoms with Gasteiger partial charge in [0.1, 0.15) is 0 Å². The molecular weight excluding hydrogens is 272 g/mol. The largest absolute Gasteiger partial charge is 0.393 e. The molecule has 0 atom stereocenters. The Hall–Kier alpha value is -1.46. The molecule has 0 aromatic heterocycles. The summed E-state index contributed by atoms with van der Waals surface area (Å²) in [7, 11) is 1.62. The molecule has 110 valence electrons. The van der Waals surface area contributed by atoms with E-state index < -0.39 is 0 Å². The number of carbonyl (C=O) groups is 1. The highest BCUT2D eigenvalue weighted by atomic mass is 32.1. The number of ether oxygens (including phenoxy) is 1. The van der Waals surface area contributed by atoms with Gasteiger partial charge in [-0.05, 0) is 12.5 Å². The first-order valence-electron chi connectivity index (χ1n) is 6.63. The van der Waals surface area contributed by atoms with Crippen molar-refractivity contribution in [2.45, 2.75) is 19.8 Å². The van der Waals surface area contributed by atoms with Crippen LogP contribution < -0.4 is 5.73 Å². The molecule has 5 heteroatoms. The zero-order chi connectivity index (χ0) is 15.0. The molecule has 0 fully saturated rings. The number of nitrogens with two attached hydrogens (primary N) is 1. The number of methoxy groups -OCH3 is 1. The van der Waals surface area contributed by atoms with Gasteiger partial charge in [0.15, 0.2) is 0 Å². The Balaban J connectivity index is 2.61. The van der Waals surface area contributed by atoms with Gasteiger partial charge in [-0.3, -0.25) is 4.79 Å². The molecule has 1 aromatic carbocycles. The Labute approximate surface area is 125 Å². The van der Waals surface area contributed by atoms with Gasteiger partial charge in [-0.15, -0.1) is 0 Å². The summed E-state index contributed by atoms with van der Waals surface area (Å²) in [4.78, 5) is 14.5. The number of carbonyl (C=O) groups excluding carboxylic acids is 1. The third-order valence-corrected chi connectivity index (χ3v) is 3.23. The molecule has 0 heterocycles. The van der Waals surface area contributed by atoms with E-state index in [1.165, 1.54) is 5.56 Å². The van der Waals surface area contributed by atoms with Gasteiger partial charge in [-0.25, -0.2) is 0 Å². The van der Waals surface area contributed by atoms with Gasteiger partial charge in [0, 0.05) is 26.6 Å². The van der Waals surface area contributed by atoms with Crippen LogP contribution in [0, 0.1) is 6.92 Å². The normalized spacial score (nSPS) is 10.3. The van der Waals surface area contributed by atoms with E-state index in [2.05, 4.69) is 0 Å². The second-order valence-corrected chi connectivity index (χ2v) is 5.28. The first-order chi connectivity index (χ1) is 9.52. The fraction of sp³-hybridized carbons (Fsp3) is 0.467. The smallest absolute Gasteiger partial charge is 0.227 e. The molecule has 2 N–H and O–H groups in total. The van der Waals surface area contributed by atoms with E-state index in [1.54, 1.807) is 12.0 Å². The molecule has 1 aromatic rings. The van der Waals surface area contributed by atoms with Crippen molar-refractivity contribution in [3.8, 4) is 0 Å². The van der Waals surface area contributed by atoms with E-state index in [0.29, 0.717) is 37.5 Å². The van der Waals surface area contributed by atoms with E-state index in [-0.39, 0.29) is 5.91 Å². The molecule has 0 bridgehead atoms. The number of thiocarbonyl (C=S) groups is 1. The number of hydrogen-bond acceptors (Lipinski definition) is 3. The summed E-state index contributed by atoms with van der Waals surface area (Å²) in [5.74, 6) is 0.0714. The van der Waals surface area contributed by atoms with Crippen molar-refractivity contribution < 1.29 is 9.53 Å². The van der Waals surface area contributed by atoms with Gasteiger partial charge in [0.25, 0.3) is 0 Å². The third-order valence-electron chi connectivity index (χ3n) is 3.02. The van der Waals surface area contributed by atoms with Crippen LogP contribution in [0.15, 0.2) is 24.3 Å². The zero-order valence-corrected chi connectivity index (χ0v) is 12.9. The second kappa shape index (κ2) is 8.66. The fourth-order valence-corrected chi connectivity index (χ4v) is 1.89. The highest BCUT2D eigenvalue weighted by molar-refractivity contribution is 7.80. The number of nitrogens with zero attached hydrogens (tertiary/aromatic N) is 1. The van der Waals surface area contributed by atoms with E-state index in [4.69, 9.17) is 22.7 Å². The van der Waals surface area contributed by atoms with Crippen molar-refractivity contribution in [3.63, 3.8) is 0 Å². The number of aryl methyl sites for hydroxylation is 1. The maximum atomic E-state index is 12.3. The Morgan fingerprint density at radius 3 is 2.50 bits per heavy atom. The van der Waals surface area contributed by atoms with Crippen molar-refractivity contribution in [2.24, 2.45) is 5.73 Å². The molecule has 20 heavy (non-hydrogen) atoms. The average Bonchev–Trinajstić information content (AvgIpc) is 2.41. The molecule has 1 amide bonds. The lowest BCUT2D eigenvalue weighted by Gasteiger charge is -2.22. The number of rotatable bonds is 8. The van der Waals surface area contributed by atoms with Crippen LogP contribution in [-0.4, -0.2) is 42.6 Å². The number of benzene rings is 1. The SMILES string of the molecule is COCCN(CCC(N)=S)C(=O)Cc1ccc(C)cc1. The minimum atomic E-state index is 0.0714. The first-order valence-corrected chi connectivity index (χ1v) is 7.04. The van der Waals surface area contributed by atoms with Gasteiger partial charge >= 0.3 is 0 Å². The first kappa shape index (κ1) is 16.6. The predicted octanol–water partition coefficient (Wildman–Crippen LogP) is 1.69. The maximum Gasteiger partial charge on any atom is 0.227 e. The molecule has 0 aliphatic heterocycles. The van der Waals surface area contributed by atoms with Crippen molar-refractivity contribution in [2.75, 3.05) is 26.8 Å². The monoisotopic (exact) mass is 294 g/mol. The molecule has 0 saturated heterocycles. The number of amides is 1. The molecule has 0 aliphatic carbocycles. The Morgan fingerprint density at radius 1 is 1.30 bits per heavy atom. The number of hydrogen-bond donors (Lipinski definition) is 1. The third kappa shape index (κ3) is 6.12. The van der Waals surface area contributed by atoms with E-state index in [1.807, 2.05) is 31.2 Å². The molecule has 0 spiro atoms. The average molecular weight is 294 g/mol. The van der Waals surface area contributed by atoms with Crippen molar-refractivity contribution >= 4 is 23.1 Å². The van der Waals surface area contributed by atoms with Crippen molar-refractivity contribution in [3.05, 3.63) is 35.4 Å². The predicted molar refractivity (Wildman–Crippen MR) is 84.7 cm³/mol. The summed E-state index contributed by atoms with van der Waals surface area (Å²) in [6.45, 7) is 3.64. The highest BCUT2D eigenvalue weighted by Gasteiger charge is 2.14. The minimum absolute atomic E-state index is 0.0714. The lowest BCUT2D eigenvalue weighted by molar-refractivity contribution is -0.131. The van der Waals surface area contributed by atoms with Gasteiger partial charge in [-0.2, -0.15) is 0 Å². The molecule has 4 nitrogen and oxygen atoms in total. The lowest BCUT2D eigenvalue weighted by atomic mass is 10.1. The van der Waals surface area contributed by atoms with Gasteiger partial charge in [0.2, 0.25) is 5.91 Å². The Kier molecular flexibility index (Phi) is 7.18. The Morgan fingerprint density at radius 2 is 1.95 bits per heavy atom. The van der Waals surface area contributed by atoms with Crippen LogP contribution in [0.1, 0.15) is 17.5 Å². The van der Waals surface area contributed by atoms with Crippen LogP contribution in [0.4, 0.5) is 0 Å². The molecule has 0 unspecified atom stereocenters. The quantitative estimate of drug-likeness (QED) is 0.741. The minimum Gasteiger partial charge on any atom is -0.393 e. The van der Waals surface area contributed by atoms with Gasteiger partial charge in [-0.1, -0.05) is 42.0 Å². The Bertz CT molecular complexity index is 446. The van der Waals surface area contributed by atoms with Crippen LogP contribution in [0.3, 0.4) is 0 Å². The van der Waals surface area contributed by atoms with Crippen molar-refractivity contribution in [1.82, 2.24) is 4.90 Å². The van der Waals surface area contributed by atoms with Crippen LogP contribution in [0.2, 0.25) is 0 Å². The molecule has 0 saturated carbocycles. The van der Waals surface area contributed by atoms with Crippen LogP contribution in [0.25, 0.3) is 0 Å². The van der Waals surface area contributed by atoms with Crippen LogP contribution in [-0.2, 0) is 16.0 Å². The zero-order valence-electron chi connectivity index (χ0n) is 12.1. The maximum absolute atomic E-state index is 12.3. The summed E-state index contributed by atoms with van der Waals surface area (Å²) in [5, 5.41) is 0. The van der Waals surface area contributed by atoms with Crippen molar-refractivity contribution in [1.29, 1.82) is 0 Å². The topological polar surface area (TPSA) is 55.6 Å². The van der Waals surface area contributed by atoms with E-state index in [0.717, 1.165) is 5.56 Å². The van der Waals surface area contributed by atoms with Gasteiger partial charge < -0.3 is 15.4 Å². The van der Waals surface area contributed by atoms with Crippen LogP contribution >= 0.6 is 12.2 Å².